The molecule has 6 nitrogen and oxygen atoms in total. The first-order valence-corrected chi connectivity index (χ1v) is 8.08. The molecule has 0 spiro atoms. The van der Waals surface area contributed by atoms with Crippen LogP contribution in [0.3, 0.4) is 0 Å². The van der Waals surface area contributed by atoms with Crippen molar-refractivity contribution >= 4 is 22.8 Å². The Labute approximate surface area is 148 Å². The number of hydrogen-bond donors (Lipinski definition) is 2. The number of benzene rings is 1. The maximum atomic E-state index is 12.8. The molecule has 0 amide bonds. The molecule has 0 aliphatic rings. The van der Waals surface area contributed by atoms with Crippen molar-refractivity contribution in [2.75, 3.05) is 17.6 Å². The van der Waals surface area contributed by atoms with E-state index >= 15 is 0 Å². The van der Waals surface area contributed by atoms with E-state index in [1.807, 2.05) is 13.8 Å². The Kier molecular flexibility index (Phi) is 4.47. The minimum atomic E-state index is -4.39. The SMILES string of the molecule is CC(C)CNc1nc(-c2ccc(C(F)(F)F)cc2)c2c(N)n(C)nc2n1. The number of aryl methyl sites for hydroxylation is 1. The van der Waals surface area contributed by atoms with Crippen LogP contribution >= 0.6 is 0 Å². The molecule has 2 heterocycles. The van der Waals surface area contributed by atoms with Crippen molar-refractivity contribution in [1.29, 1.82) is 0 Å². The molecule has 3 N–H and O–H groups in total. The summed E-state index contributed by atoms with van der Waals surface area (Å²) in [5.74, 6) is 1.09. The Morgan fingerprint density at radius 2 is 1.81 bits per heavy atom. The number of fused-ring (bicyclic) bond motifs is 1. The lowest BCUT2D eigenvalue weighted by atomic mass is 10.1. The molecule has 26 heavy (non-hydrogen) atoms. The Hall–Kier alpha value is -2.84. The van der Waals surface area contributed by atoms with Gasteiger partial charge in [-0.2, -0.15) is 23.3 Å². The summed E-state index contributed by atoms with van der Waals surface area (Å²) in [6.07, 6.45) is -4.39. The van der Waals surface area contributed by atoms with Gasteiger partial charge in [-0.1, -0.05) is 26.0 Å². The summed E-state index contributed by atoms with van der Waals surface area (Å²) in [4.78, 5) is 8.83. The Balaban J connectivity index is 2.13. The first-order valence-electron chi connectivity index (χ1n) is 8.08. The van der Waals surface area contributed by atoms with Gasteiger partial charge in [0.2, 0.25) is 5.95 Å². The quantitative estimate of drug-likeness (QED) is 0.738. The van der Waals surface area contributed by atoms with E-state index < -0.39 is 11.7 Å². The number of anilines is 2. The maximum absolute atomic E-state index is 12.8. The van der Waals surface area contributed by atoms with Crippen molar-refractivity contribution in [2.24, 2.45) is 13.0 Å². The second-order valence-corrected chi connectivity index (χ2v) is 6.45. The summed E-state index contributed by atoms with van der Waals surface area (Å²) in [7, 11) is 1.68. The van der Waals surface area contributed by atoms with Gasteiger partial charge in [0.25, 0.3) is 0 Å². The Morgan fingerprint density at radius 3 is 2.38 bits per heavy atom. The molecule has 1 aromatic carbocycles. The summed E-state index contributed by atoms with van der Waals surface area (Å²) in [6.45, 7) is 4.74. The highest BCUT2D eigenvalue weighted by Crippen LogP contribution is 2.34. The van der Waals surface area contributed by atoms with Crippen LogP contribution in [0.1, 0.15) is 19.4 Å². The number of rotatable bonds is 4. The number of nitrogens with two attached hydrogens (primary N) is 1. The van der Waals surface area contributed by atoms with Gasteiger partial charge in [0, 0.05) is 19.2 Å². The second kappa shape index (κ2) is 6.47. The van der Waals surface area contributed by atoms with Gasteiger partial charge in [-0.15, -0.1) is 0 Å². The first kappa shape index (κ1) is 18.0. The van der Waals surface area contributed by atoms with Crippen LogP contribution in [0.15, 0.2) is 24.3 Å². The highest BCUT2D eigenvalue weighted by Gasteiger charge is 2.30. The molecule has 3 rings (SSSR count). The van der Waals surface area contributed by atoms with E-state index in [1.54, 1.807) is 7.05 Å². The number of nitrogen functional groups attached to an aromatic ring is 1. The Morgan fingerprint density at radius 1 is 1.15 bits per heavy atom. The third-order valence-electron chi connectivity index (χ3n) is 3.89. The molecular weight excluding hydrogens is 345 g/mol. The van der Waals surface area contributed by atoms with Crippen LogP contribution in [-0.4, -0.2) is 26.3 Å². The van der Waals surface area contributed by atoms with Crippen molar-refractivity contribution in [1.82, 2.24) is 19.7 Å². The standard InChI is InChI=1S/C17H19F3N6/c1-9(2)8-22-16-23-13(12-14(21)26(3)25-15(12)24-16)10-4-6-11(7-5-10)17(18,19)20/h4-7,9H,8,21H2,1-3H3,(H,22,24,25). The van der Waals surface area contributed by atoms with Crippen LogP contribution in [-0.2, 0) is 13.2 Å². The molecule has 0 unspecified atom stereocenters. The average molecular weight is 364 g/mol. The normalized spacial score (nSPS) is 12.1. The molecule has 3 aromatic rings. The fraction of sp³-hybridized carbons (Fsp3) is 0.353. The third-order valence-corrected chi connectivity index (χ3v) is 3.89. The van der Waals surface area contributed by atoms with Gasteiger partial charge in [0.1, 0.15) is 5.82 Å². The molecule has 0 bridgehead atoms. The van der Waals surface area contributed by atoms with Crippen molar-refractivity contribution in [3.05, 3.63) is 29.8 Å². The molecule has 0 radical (unpaired) electrons. The van der Waals surface area contributed by atoms with E-state index in [0.29, 0.717) is 46.5 Å². The van der Waals surface area contributed by atoms with Crippen molar-refractivity contribution in [3.63, 3.8) is 0 Å². The number of aromatic nitrogens is 4. The minimum Gasteiger partial charge on any atom is -0.383 e. The van der Waals surface area contributed by atoms with Crippen LogP contribution < -0.4 is 11.1 Å². The van der Waals surface area contributed by atoms with Gasteiger partial charge < -0.3 is 11.1 Å². The molecule has 0 saturated heterocycles. The number of nitrogens with one attached hydrogen (secondary N) is 1. The third kappa shape index (κ3) is 3.42. The van der Waals surface area contributed by atoms with E-state index in [9.17, 15) is 13.2 Å². The lowest BCUT2D eigenvalue weighted by molar-refractivity contribution is -0.137. The number of alkyl halides is 3. The van der Waals surface area contributed by atoms with Crippen LogP contribution in [0.5, 0.6) is 0 Å². The first-order chi connectivity index (χ1) is 12.2. The zero-order chi connectivity index (χ0) is 19.1. The summed E-state index contributed by atoms with van der Waals surface area (Å²) < 4.78 is 39.9. The van der Waals surface area contributed by atoms with Gasteiger partial charge in [-0.25, -0.2) is 4.98 Å². The van der Waals surface area contributed by atoms with E-state index in [2.05, 4.69) is 20.4 Å². The van der Waals surface area contributed by atoms with Crippen LogP contribution in [0.25, 0.3) is 22.3 Å². The molecule has 0 fully saturated rings. The number of halogens is 3. The van der Waals surface area contributed by atoms with Crippen molar-refractivity contribution < 1.29 is 13.2 Å². The molecule has 0 saturated carbocycles. The summed E-state index contributed by atoms with van der Waals surface area (Å²) in [5, 5.41) is 7.90. The van der Waals surface area contributed by atoms with Crippen molar-refractivity contribution in [2.45, 2.75) is 20.0 Å². The average Bonchev–Trinajstić information content (AvgIpc) is 2.86. The molecule has 0 atom stereocenters. The zero-order valence-corrected chi connectivity index (χ0v) is 14.6. The molecule has 2 aromatic heterocycles. The minimum absolute atomic E-state index is 0.352. The van der Waals surface area contributed by atoms with Crippen LogP contribution in [0.4, 0.5) is 24.9 Å². The molecule has 138 valence electrons. The smallest absolute Gasteiger partial charge is 0.383 e. The Bertz CT molecular complexity index is 928. The van der Waals surface area contributed by atoms with Crippen LogP contribution in [0, 0.1) is 5.92 Å². The number of hydrogen-bond acceptors (Lipinski definition) is 5. The van der Waals surface area contributed by atoms with Crippen molar-refractivity contribution in [3.8, 4) is 11.3 Å². The highest BCUT2D eigenvalue weighted by molar-refractivity contribution is 5.98. The molecule has 9 heteroatoms. The van der Waals surface area contributed by atoms with Gasteiger partial charge in [-0.05, 0) is 18.1 Å². The summed E-state index contributed by atoms with van der Waals surface area (Å²) in [5.41, 5.74) is 6.70. The number of nitrogens with zero attached hydrogens (tertiary/aromatic N) is 4. The molecular formula is C17H19F3N6. The zero-order valence-electron chi connectivity index (χ0n) is 14.6. The van der Waals surface area contributed by atoms with E-state index in [1.165, 1.54) is 16.8 Å². The van der Waals surface area contributed by atoms with Gasteiger partial charge in [0.15, 0.2) is 5.65 Å². The fourth-order valence-corrected chi connectivity index (χ4v) is 2.52. The topological polar surface area (TPSA) is 81.6 Å². The highest BCUT2D eigenvalue weighted by atomic mass is 19.4. The predicted molar refractivity (Wildman–Crippen MR) is 94.5 cm³/mol. The maximum Gasteiger partial charge on any atom is 0.416 e. The van der Waals surface area contributed by atoms with Gasteiger partial charge in [-0.3, -0.25) is 4.68 Å². The lowest BCUT2D eigenvalue weighted by Crippen LogP contribution is -2.11. The lowest BCUT2D eigenvalue weighted by Gasteiger charge is -2.11. The van der Waals surface area contributed by atoms with Gasteiger partial charge in [0.05, 0.1) is 16.6 Å². The molecule has 0 aliphatic heterocycles. The monoisotopic (exact) mass is 364 g/mol. The van der Waals surface area contributed by atoms with E-state index in [0.717, 1.165) is 12.1 Å². The predicted octanol–water partition coefficient (Wildman–Crippen LogP) is 3.70. The van der Waals surface area contributed by atoms with E-state index in [-0.39, 0.29) is 0 Å². The summed E-state index contributed by atoms with van der Waals surface area (Å²) >= 11 is 0. The molecule has 0 aliphatic carbocycles. The summed E-state index contributed by atoms with van der Waals surface area (Å²) in [6, 6.07) is 4.81. The van der Waals surface area contributed by atoms with Gasteiger partial charge >= 0.3 is 6.18 Å². The van der Waals surface area contributed by atoms with E-state index in [4.69, 9.17) is 5.73 Å². The fourth-order valence-electron chi connectivity index (χ4n) is 2.52. The van der Waals surface area contributed by atoms with Crippen LogP contribution in [0.2, 0.25) is 0 Å². The largest absolute Gasteiger partial charge is 0.416 e. The second-order valence-electron chi connectivity index (χ2n) is 6.45.